The van der Waals surface area contributed by atoms with Gasteiger partial charge < -0.3 is 14.8 Å². The number of amides is 3. The van der Waals surface area contributed by atoms with Crippen LogP contribution in [0.15, 0.2) is 36.4 Å². The summed E-state index contributed by atoms with van der Waals surface area (Å²) >= 11 is 0. The van der Waals surface area contributed by atoms with E-state index in [4.69, 9.17) is 9.47 Å². The molecule has 0 bridgehead atoms. The van der Waals surface area contributed by atoms with E-state index in [0.29, 0.717) is 12.3 Å². The lowest BCUT2D eigenvalue weighted by molar-refractivity contribution is -0.119. The lowest BCUT2D eigenvalue weighted by atomic mass is 10.1. The predicted octanol–water partition coefficient (Wildman–Crippen LogP) is 2.87. The van der Waals surface area contributed by atoms with Gasteiger partial charge in [-0.3, -0.25) is 19.3 Å². The fourth-order valence-corrected chi connectivity index (χ4v) is 3.93. The van der Waals surface area contributed by atoms with Crippen molar-refractivity contribution < 1.29 is 28.7 Å². The summed E-state index contributed by atoms with van der Waals surface area (Å²) in [7, 11) is 0. The van der Waals surface area contributed by atoms with Crippen LogP contribution < -0.4 is 5.32 Å². The van der Waals surface area contributed by atoms with Gasteiger partial charge in [0.2, 0.25) is 0 Å². The van der Waals surface area contributed by atoms with Gasteiger partial charge in [-0.1, -0.05) is 17.7 Å². The van der Waals surface area contributed by atoms with Gasteiger partial charge in [0.05, 0.1) is 29.3 Å². The van der Waals surface area contributed by atoms with Crippen LogP contribution in [-0.2, 0) is 14.3 Å². The van der Waals surface area contributed by atoms with Crippen molar-refractivity contribution in [1.29, 1.82) is 0 Å². The zero-order valence-corrected chi connectivity index (χ0v) is 18.0. The molecule has 0 saturated carbocycles. The van der Waals surface area contributed by atoms with E-state index < -0.39 is 30.3 Å². The summed E-state index contributed by atoms with van der Waals surface area (Å²) in [4.78, 5) is 51.1. The van der Waals surface area contributed by atoms with Crippen molar-refractivity contribution in [1.82, 2.24) is 4.90 Å². The normalized spacial score (nSPS) is 17.4. The van der Waals surface area contributed by atoms with Crippen LogP contribution in [0.4, 0.5) is 5.69 Å². The van der Waals surface area contributed by atoms with E-state index in [0.717, 1.165) is 28.9 Å². The molecule has 2 heterocycles. The first kappa shape index (κ1) is 21.7. The first-order chi connectivity index (χ1) is 15.3. The summed E-state index contributed by atoms with van der Waals surface area (Å²) < 4.78 is 10.6. The van der Waals surface area contributed by atoms with E-state index in [-0.39, 0.29) is 29.3 Å². The molecule has 0 spiro atoms. The quantitative estimate of drug-likeness (QED) is 0.552. The number of carbonyl (C=O) groups is 4. The van der Waals surface area contributed by atoms with Crippen molar-refractivity contribution in [2.24, 2.45) is 0 Å². The standard InChI is InChI=1S/C24H24N2O6/c1-14-5-8-20(15(2)10-14)25-21(27)13-32-24(30)16-6-7-18-19(11-16)23(29)26(22(18)28)12-17-4-3-9-31-17/h5-8,10-11,17H,3-4,9,12-13H2,1-2H3,(H,25,27)/t17-/m0/s1. The molecule has 1 fully saturated rings. The Labute approximate surface area is 185 Å². The summed E-state index contributed by atoms with van der Waals surface area (Å²) in [6, 6.07) is 9.80. The number of carbonyl (C=O) groups excluding carboxylic acids is 4. The fraction of sp³-hybridized carbons (Fsp3) is 0.333. The molecule has 32 heavy (non-hydrogen) atoms. The number of anilines is 1. The number of nitrogens with one attached hydrogen (secondary N) is 1. The molecule has 0 radical (unpaired) electrons. The average molecular weight is 436 g/mol. The van der Waals surface area contributed by atoms with Crippen LogP contribution >= 0.6 is 0 Å². The maximum absolute atomic E-state index is 12.7. The van der Waals surface area contributed by atoms with Crippen LogP contribution in [0.1, 0.15) is 55.0 Å². The van der Waals surface area contributed by atoms with Gasteiger partial charge in [-0.05, 0) is 56.5 Å². The maximum Gasteiger partial charge on any atom is 0.338 e. The van der Waals surface area contributed by atoms with E-state index in [1.165, 1.54) is 18.2 Å². The summed E-state index contributed by atoms with van der Waals surface area (Å²) in [5, 5.41) is 2.71. The van der Waals surface area contributed by atoms with Gasteiger partial charge in [0.25, 0.3) is 17.7 Å². The second-order valence-corrected chi connectivity index (χ2v) is 8.06. The second-order valence-electron chi connectivity index (χ2n) is 8.06. The molecule has 3 amide bonds. The molecule has 4 rings (SSSR count). The minimum atomic E-state index is -0.749. The number of hydrogen-bond donors (Lipinski definition) is 1. The first-order valence-electron chi connectivity index (χ1n) is 10.5. The lowest BCUT2D eigenvalue weighted by Gasteiger charge is -2.17. The van der Waals surface area contributed by atoms with Crippen LogP contribution in [0.25, 0.3) is 0 Å². The molecule has 1 saturated heterocycles. The highest BCUT2D eigenvalue weighted by molar-refractivity contribution is 6.22. The van der Waals surface area contributed by atoms with Gasteiger partial charge in [0, 0.05) is 12.3 Å². The van der Waals surface area contributed by atoms with Crippen LogP contribution in [0, 0.1) is 13.8 Å². The van der Waals surface area contributed by atoms with Crippen LogP contribution in [-0.4, -0.2) is 54.5 Å². The number of imide groups is 1. The largest absolute Gasteiger partial charge is 0.452 e. The number of hydrogen-bond acceptors (Lipinski definition) is 6. The zero-order chi connectivity index (χ0) is 22.8. The van der Waals surface area contributed by atoms with E-state index in [9.17, 15) is 19.2 Å². The van der Waals surface area contributed by atoms with Gasteiger partial charge in [0.15, 0.2) is 6.61 Å². The third-order valence-corrected chi connectivity index (χ3v) is 5.61. The Kier molecular flexibility index (Phi) is 6.05. The summed E-state index contributed by atoms with van der Waals surface area (Å²) in [6.45, 7) is 4.18. The summed E-state index contributed by atoms with van der Waals surface area (Å²) in [5.41, 5.74) is 3.12. The van der Waals surface area contributed by atoms with Gasteiger partial charge in [-0.15, -0.1) is 0 Å². The molecule has 1 atom stereocenters. The molecule has 2 aliphatic rings. The lowest BCUT2D eigenvalue weighted by Crippen LogP contribution is -2.36. The predicted molar refractivity (Wildman–Crippen MR) is 116 cm³/mol. The Bertz CT molecular complexity index is 1100. The van der Waals surface area contributed by atoms with Gasteiger partial charge in [-0.2, -0.15) is 0 Å². The number of esters is 1. The van der Waals surface area contributed by atoms with Crippen LogP contribution in [0.3, 0.4) is 0 Å². The molecule has 8 nitrogen and oxygen atoms in total. The number of aryl methyl sites for hydroxylation is 2. The maximum atomic E-state index is 12.7. The smallest absolute Gasteiger partial charge is 0.338 e. The average Bonchev–Trinajstić information content (AvgIpc) is 3.37. The van der Waals surface area contributed by atoms with Gasteiger partial charge in [0.1, 0.15) is 0 Å². The molecule has 0 unspecified atom stereocenters. The van der Waals surface area contributed by atoms with E-state index in [1.54, 1.807) is 6.07 Å². The molecule has 0 aliphatic carbocycles. The molecule has 8 heteroatoms. The topological polar surface area (TPSA) is 102 Å². The van der Waals surface area contributed by atoms with Crippen LogP contribution in [0.2, 0.25) is 0 Å². The van der Waals surface area contributed by atoms with E-state index >= 15 is 0 Å². The van der Waals surface area contributed by atoms with Crippen molar-refractivity contribution in [3.05, 3.63) is 64.2 Å². The Balaban J connectivity index is 1.38. The molecule has 0 aromatic heterocycles. The Morgan fingerprint density at radius 3 is 2.59 bits per heavy atom. The minimum absolute atomic E-state index is 0.100. The molecular formula is C24H24N2O6. The monoisotopic (exact) mass is 436 g/mol. The molecule has 2 aromatic carbocycles. The highest BCUT2D eigenvalue weighted by Crippen LogP contribution is 2.26. The highest BCUT2D eigenvalue weighted by Gasteiger charge is 2.38. The third-order valence-electron chi connectivity index (χ3n) is 5.61. The number of rotatable bonds is 6. The van der Waals surface area contributed by atoms with Crippen molar-refractivity contribution in [3.63, 3.8) is 0 Å². The molecular weight excluding hydrogens is 412 g/mol. The van der Waals surface area contributed by atoms with Crippen molar-refractivity contribution in [2.45, 2.75) is 32.8 Å². The SMILES string of the molecule is Cc1ccc(NC(=O)COC(=O)c2ccc3c(c2)C(=O)N(C[C@@H]2CCCO2)C3=O)c(C)c1. The van der Waals surface area contributed by atoms with Crippen molar-refractivity contribution in [2.75, 3.05) is 25.1 Å². The summed E-state index contributed by atoms with van der Waals surface area (Å²) in [6.07, 6.45) is 1.55. The van der Waals surface area contributed by atoms with Gasteiger partial charge in [-0.25, -0.2) is 4.79 Å². The number of ether oxygens (including phenoxy) is 2. The van der Waals surface area contributed by atoms with E-state index in [1.807, 2.05) is 26.0 Å². The van der Waals surface area contributed by atoms with Crippen molar-refractivity contribution >= 4 is 29.4 Å². The second kappa shape index (κ2) is 8.92. The molecule has 2 aromatic rings. The number of benzene rings is 2. The fourth-order valence-electron chi connectivity index (χ4n) is 3.93. The summed E-state index contributed by atoms with van der Waals surface area (Å²) in [5.74, 6) is -2.07. The Morgan fingerprint density at radius 1 is 1.09 bits per heavy atom. The zero-order valence-electron chi connectivity index (χ0n) is 18.0. The highest BCUT2D eigenvalue weighted by atomic mass is 16.5. The first-order valence-corrected chi connectivity index (χ1v) is 10.5. The number of fused-ring (bicyclic) bond motifs is 1. The van der Waals surface area contributed by atoms with Gasteiger partial charge >= 0.3 is 5.97 Å². The minimum Gasteiger partial charge on any atom is -0.452 e. The van der Waals surface area contributed by atoms with Crippen LogP contribution in [0.5, 0.6) is 0 Å². The molecule has 1 N–H and O–H groups in total. The van der Waals surface area contributed by atoms with Crippen molar-refractivity contribution in [3.8, 4) is 0 Å². The molecule has 166 valence electrons. The molecule has 2 aliphatic heterocycles. The third kappa shape index (κ3) is 4.40. The van der Waals surface area contributed by atoms with E-state index in [2.05, 4.69) is 5.32 Å². The Morgan fingerprint density at radius 2 is 1.88 bits per heavy atom. The Hall–Kier alpha value is -3.52. The number of nitrogens with zero attached hydrogens (tertiary/aromatic N) is 1.